The van der Waals surface area contributed by atoms with Gasteiger partial charge < -0.3 is 10.4 Å². The van der Waals surface area contributed by atoms with Crippen molar-refractivity contribution in [2.24, 2.45) is 0 Å². The van der Waals surface area contributed by atoms with Crippen molar-refractivity contribution in [3.8, 4) is 5.69 Å². The highest BCUT2D eigenvalue weighted by molar-refractivity contribution is 7.98. The number of nitrogens with zero attached hydrogens (tertiary/aromatic N) is 2. The van der Waals surface area contributed by atoms with Gasteiger partial charge in [-0.05, 0) is 48.8 Å². The minimum atomic E-state index is -0.269. The summed E-state index contributed by atoms with van der Waals surface area (Å²) in [5.74, 6) is 0.613. The quantitative estimate of drug-likeness (QED) is 0.654. The van der Waals surface area contributed by atoms with Crippen LogP contribution in [0.3, 0.4) is 0 Å². The first-order valence-electron chi connectivity index (χ1n) is 8.62. The first kappa shape index (κ1) is 19.1. The lowest BCUT2D eigenvalue weighted by molar-refractivity contribution is 0.0915. The minimum absolute atomic E-state index is 0.0964. The smallest absolute Gasteiger partial charge is 0.279 e. The molecule has 140 valence electrons. The first-order chi connectivity index (χ1) is 13.1. The highest BCUT2D eigenvalue weighted by atomic mass is 32.2. The van der Waals surface area contributed by atoms with Crippen LogP contribution in [0.4, 0.5) is 0 Å². The summed E-state index contributed by atoms with van der Waals surface area (Å²) in [5, 5.41) is 17.8. The van der Waals surface area contributed by atoms with Gasteiger partial charge in [0.25, 0.3) is 11.5 Å². The minimum Gasteiger partial charge on any atom is -0.394 e. The van der Waals surface area contributed by atoms with Crippen molar-refractivity contribution in [1.82, 2.24) is 15.1 Å². The van der Waals surface area contributed by atoms with Crippen LogP contribution in [0.5, 0.6) is 0 Å². The molecule has 0 fully saturated rings. The molecule has 0 spiro atoms. The van der Waals surface area contributed by atoms with Crippen LogP contribution in [-0.2, 0) is 0 Å². The van der Waals surface area contributed by atoms with E-state index in [0.717, 1.165) is 11.1 Å². The molecule has 2 N–H and O–H groups in total. The molecule has 6 nitrogen and oxygen atoms in total. The molecule has 1 heterocycles. The second-order valence-electron chi connectivity index (χ2n) is 6.13. The first-order valence-corrected chi connectivity index (χ1v) is 10.0. The molecule has 0 saturated carbocycles. The SMILES string of the molecule is CSCCC(CO)NC(=O)c1ccc(-n2ncc3ccccc3c2=O)cc1. The molecule has 0 bridgehead atoms. The maximum Gasteiger partial charge on any atom is 0.279 e. The molecule has 1 atom stereocenters. The van der Waals surface area contributed by atoms with Crippen molar-refractivity contribution >= 4 is 28.4 Å². The molecule has 3 aromatic rings. The van der Waals surface area contributed by atoms with Crippen LogP contribution in [0.1, 0.15) is 16.8 Å². The van der Waals surface area contributed by atoms with Crippen LogP contribution in [0.15, 0.2) is 59.5 Å². The van der Waals surface area contributed by atoms with Gasteiger partial charge in [0.2, 0.25) is 0 Å². The number of carbonyl (C=O) groups is 1. The lowest BCUT2D eigenvalue weighted by Gasteiger charge is -2.16. The molecular weight excluding hydrogens is 362 g/mol. The number of fused-ring (bicyclic) bond motifs is 1. The number of nitrogens with one attached hydrogen (secondary N) is 1. The van der Waals surface area contributed by atoms with Crippen LogP contribution < -0.4 is 10.9 Å². The normalized spacial score (nSPS) is 12.1. The molecular formula is C20H21N3O3S. The number of rotatable bonds is 7. The zero-order chi connectivity index (χ0) is 19.2. The van der Waals surface area contributed by atoms with Crippen molar-refractivity contribution in [3.63, 3.8) is 0 Å². The van der Waals surface area contributed by atoms with E-state index < -0.39 is 0 Å². The van der Waals surface area contributed by atoms with Crippen molar-refractivity contribution in [3.05, 3.63) is 70.6 Å². The highest BCUT2D eigenvalue weighted by Crippen LogP contribution is 2.11. The summed E-state index contributed by atoms with van der Waals surface area (Å²) in [7, 11) is 0. The van der Waals surface area contributed by atoms with Gasteiger partial charge in [0.15, 0.2) is 0 Å². The Morgan fingerprint density at radius 3 is 2.67 bits per heavy atom. The highest BCUT2D eigenvalue weighted by Gasteiger charge is 2.13. The third-order valence-electron chi connectivity index (χ3n) is 4.30. The Labute approximate surface area is 161 Å². The molecule has 0 saturated heterocycles. The molecule has 1 unspecified atom stereocenters. The average Bonchev–Trinajstić information content (AvgIpc) is 2.71. The van der Waals surface area contributed by atoms with Crippen molar-refractivity contribution in [2.45, 2.75) is 12.5 Å². The number of carbonyl (C=O) groups excluding carboxylic acids is 1. The van der Waals surface area contributed by atoms with Gasteiger partial charge in [-0.3, -0.25) is 9.59 Å². The standard InChI is InChI=1S/C20H21N3O3S/c1-27-11-10-16(13-24)22-19(25)14-6-8-17(9-7-14)23-20(26)18-5-3-2-4-15(18)12-21-23/h2-9,12,16,24H,10-11,13H2,1H3,(H,22,25). The molecule has 0 radical (unpaired) electrons. The Morgan fingerprint density at radius 1 is 1.22 bits per heavy atom. The number of aromatic nitrogens is 2. The van der Waals surface area contributed by atoms with Gasteiger partial charge in [0.05, 0.1) is 29.9 Å². The van der Waals surface area contributed by atoms with E-state index in [2.05, 4.69) is 10.4 Å². The van der Waals surface area contributed by atoms with E-state index in [1.54, 1.807) is 48.3 Å². The number of thioether (sulfide) groups is 1. The molecule has 0 aliphatic carbocycles. The zero-order valence-corrected chi connectivity index (χ0v) is 15.8. The summed E-state index contributed by atoms with van der Waals surface area (Å²) < 4.78 is 1.32. The monoisotopic (exact) mass is 383 g/mol. The van der Waals surface area contributed by atoms with Crippen LogP contribution in [0.2, 0.25) is 0 Å². The summed E-state index contributed by atoms with van der Waals surface area (Å²) >= 11 is 1.67. The van der Waals surface area contributed by atoms with Gasteiger partial charge in [-0.25, -0.2) is 0 Å². The molecule has 1 aromatic heterocycles. The lowest BCUT2D eigenvalue weighted by Crippen LogP contribution is -2.37. The Balaban J connectivity index is 1.80. The van der Waals surface area contributed by atoms with Gasteiger partial charge in [0.1, 0.15) is 0 Å². The summed E-state index contributed by atoms with van der Waals surface area (Å²) in [6.45, 7) is -0.0964. The number of hydrogen-bond acceptors (Lipinski definition) is 5. The maximum absolute atomic E-state index is 12.6. The van der Waals surface area contributed by atoms with Crippen LogP contribution in [-0.4, -0.2) is 45.5 Å². The van der Waals surface area contributed by atoms with Crippen LogP contribution in [0, 0.1) is 0 Å². The van der Waals surface area contributed by atoms with E-state index in [9.17, 15) is 14.7 Å². The van der Waals surface area contributed by atoms with E-state index in [-0.39, 0.29) is 24.1 Å². The van der Waals surface area contributed by atoms with E-state index in [0.29, 0.717) is 23.1 Å². The number of aliphatic hydroxyl groups is 1. The van der Waals surface area contributed by atoms with E-state index in [1.165, 1.54) is 4.68 Å². The fourth-order valence-corrected chi connectivity index (χ4v) is 3.29. The Bertz CT molecular complexity index is 986. The summed E-state index contributed by atoms with van der Waals surface area (Å²) in [6.07, 6.45) is 4.34. The molecule has 27 heavy (non-hydrogen) atoms. The molecule has 2 aromatic carbocycles. The van der Waals surface area contributed by atoms with Gasteiger partial charge in [-0.1, -0.05) is 18.2 Å². The fraction of sp³-hybridized carbons (Fsp3) is 0.250. The van der Waals surface area contributed by atoms with Gasteiger partial charge in [-0.2, -0.15) is 21.5 Å². The van der Waals surface area contributed by atoms with E-state index in [4.69, 9.17) is 0 Å². The topological polar surface area (TPSA) is 84.2 Å². The largest absolute Gasteiger partial charge is 0.394 e. The molecule has 1 amide bonds. The summed E-state index contributed by atoms with van der Waals surface area (Å²) in [5.41, 5.74) is 0.848. The van der Waals surface area contributed by atoms with Crippen LogP contribution >= 0.6 is 11.8 Å². The van der Waals surface area contributed by atoms with Gasteiger partial charge >= 0.3 is 0 Å². The summed E-state index contributed by atoms with van der Waals surface area (Å²) in [6, 6.07) is 13.7. The predicted octanol–water partition coefficient (Wildman–Crippen LogP) is 2.23. The number of hydrogen-bond donors (Lipinski definition) is 2. The molecule has 3 rings (SSSR count). The second kappa shape index (κ2) is 8.83. The predicted molar refractivity (Wildman–Crippen MR) is 109 cm³/mol. The summed E-state index contributed by atoms with van der Waals surface area (Å²) in [4.78, 5) is 25.0. The number of benzene rings is 2. The zero-order valence-electron chi connectivity index (χ0n) is 15.0. The molecule has 7 heteroatoms. The van der Waals surface area contributed by atoms with Crippen LogP contribution in [0.25, 0.3) is 16.5 Å². The second-order valence-corrected chi connectivity index (χ2v) is 7.12. The van der Waals surface area contributed by atoms with Gasteiger partial charge in [0, 0.05) is 10.9 Å². The number of aliphatic hydroxyl groups excluding tert-OH is 1. The Hall–Kier alpha value is -2.64. The van der Waals surface area contributed by atoms with Crippen molar-refractivity contribution < 1.29 is 9.90 Å². The Kier molecular flexibility index (Phi) is 6.26. The van der Waals surface area contributed by atoms with Crippen molar-refractivity contribution in [1.29, 1.82) is 0 Å². The molecule has 0 aliphatic heterocycles. The Morgan fingerprint density at radius 2 is 1.96 bits per heavy atom. The lowest BCUT2D eigenvalue weighted by atomic mass is 10.1. The fourth-order valence-electron chi connectivity index (χ4n) is 2.77. The van der Waals surface area contributed by atoms with Gasteiger partial charge in [-0.15, -0.1) is 0 Å². The maximum atomic E-state index is 12.6. The van der Waals surface area contributed by atoms with Crippen molar-refractivity contribution in [2.75, 3.05) is 18.6 Å². The third kappa shape index (κ3) is 4.37. The third-order valence-corrected chi connectivity index (χ3v) is 4.94. The van der Waals surface area contributed by atoms with E-state index >= 15 is 0 Å². The van der Waals surface area contributed by atoms with E-state index in [1.807, 2.05) is 24.5 Å². The number of amides is 1. The average molecular weight is 383 g/mol. The molecule has 0 aliphatic rings.